The topological polar surface area (TPSA) is 106 Å². The number of benzene rings is 4. The van der Waals surface area contributed by atoms with E-state index in [2.05, 4.69) is 10.4 Å². The molecule has 0 aliphatic carbocycles. The maximum Gasteiger partial charge on any atom is 0.468 e. The van der Waals surface area contributed by atoms with Gasteiger partial charge in [-0.25, -0.2) is 4.99 Å². The predicted octanol–water partition coefficient (Wildman–Crippen LogP) is 7.63. The lowest BCUT2D eigenvalue weighted by Gasteiger charge is -2.46. The van der Waals surface area contributed by atoms with Crippen LogP contribution in [0.25, 0.3) is 0 Å². The highest BCUT2D eigenvalue weighted by Crippen LogP contribution is 2.35. The molecule has 4 aromatic rings. The molecule has 5 unspecified atom stereocenters. The summed E-state index contributed by atoms with van der Waals surface area (Å²) in [6, 6.07) is 35.9. The molecule has 12 heteroatoms. The Balaban J connectivity index is 1.55. The van der Waals surface area contributed by atoms with Gasteiger partial charge in [0.05, 0.1) is 32.1 Å². The molecule has 5 rings (SSSR count). The smallest absolute Gasteiger partial charge is 0.441 e. The number of hydrogen-bond acceptors (Lipinski definition) is 9. The number of alkyl halides is 3. The number of halogens is 3. The van der Waals surface area contributed by atoms with Crippen LogP contribution in [0.15, 0.2) is 126 Å². The van der Waals surface area contributed by atoms with Crippen LogP contribution in [0, 0.1) is 5.41 Å². The number of nitrogens with one attached hydrogen (secondary N) is 1. The van der Waals surface area contributed by atoms with E-state index in [1.165, 1.54) is 12.1 Å². The second-order valence-electron chi connectivity index (χ2n) is 13.2. The molecule has 1 aliphatic heterocycles. The summed E-state index contributed by atoms with van der Waals surface area (Å²) in [5, 5.41) is 0. The first-order valence-electron chi connectivity index (χ1n) is 17.2. The summed E-state index contributed by atoms with van der Waals surface area (Å²) in [4.78, 5) is 3.84. The van der Waals surface area contributed by atoms with E-state index in [9.17, 15) is 13.2 Å². The van der Waals surface area contributed by atoms with Crippen LogP contribution in [0.3, 0.4) is 0 Å². The fraction of sp³-hybridized carbons (Fsp3) is 0.375. The Hall–Kier alpha value is -4.14. The molecule has 1 heterocycles. The number of rotatable bonds is 17. The summed E-state index contributed by atoms with van der Waals surface area (Å²) in [7, 11) is 0. The maximum atomic E-state index is 14.7. The fourth-order valence-electron chi connectivity index (χ4n) is 5.53. The van der Waals surface area contributed by atoms with E-state index < -0.39 is 48.4 Å². The van der Waals surface area contributed by atoms with Crippen LogP contribution in [0.2, 0.25) is 0 Å². The van der Waals surface area contributed by atoms with Crippen LogP contribution < -0.4 is 11.3 Å². The molecule has 278 valence electrons. The van der Waals surface area contributed by atoms with Crippen molar-refractivity contribution >= 4 is 11.6 Å². The van der Waals surface area contributed by atoms with Crippen molar-refractivity contribution in [1.29, 1.82) is 0 Å². The molecule has 0 radical (unpaired) electrons. The van der Waals surface area contributed by atoms with Gasteiger partial charge < -0.3 is 28.4 Å². The van der Waals surface area contributed by atoms with Crippen molar-refractivity contribution in [3.05, 3.63) is 138 Å². The summed E-state index contributed by atoms with van der Waals surface area (Å²) >= 11 is 0. The monoisotopic (exact) mass is 721 g/mol. The van der Waals surface area contributed by atoms with Crippen molar-refractivity contribution in [3.8, 4) is 0 Å². The molecule has 0 aromatic heterocycles. The number of ether oxygens (including phenoxy) is 6. The zero-order valence-corrected chi connectivity index (χ0v) is 29.3. The van der Waals surface area contributed by atoms with Crippen LogP contribution in [0.4, 0.5) is 18.9 Å². The molecule has 0 bridgehead atoms. The largest absolute Gasteiger partial charge is 0.468 e. The zero-order valence-electron chi connectivity index (χ0n) is 29.3. The van der Waals surface area contributed by atoms with Crippen molar-refractivity contribution in [3.63, 3.8) is 0 Å². The number of aliphatic imine (C=N–C) groups is 1. The van der Waals surface area contributed by atoms with E-state index in [0.717, 1.165) is 16.7 Å². The Bertz CT molecular complexity index is 1630. The normalized spacial score (nSPS) is 21.2. The SMILES string of the molecule is CC(C)(CCNN)COC1OC(O/C(=N/c2ccccc2)C(F)(F)F)C(OCc2ccccc2)C(OCc2ccccc2)C1OCc1ccccc1. The van der Waals surface area contributed by atoms with Gasteiger partial charge in [0.1, 0.15) is 18.3 Å². The lowest BCUT2D eigenvalue weighted by molar-refractivity contribution is -0.361. The summed E-state index contributed by atoms with van der Waals surface area (Å²) < 4.78 is 82.0. The van der Waals surface area contributed by atoms with E-state index in [1.54, 1.807) is 18.2 Å². The molecule has 0 amide bonds. The Morgan fingerprint density at radius 3 is 1.56 bits per heavy atom. The number of hydrazine groups is 1. The predicted molar refractivity (Wildman–Crippen MR) is 191 cm³/mol. The molecule has 5 atom stereocenters. The minimum Gasteiger partial charge on any atom is -0.441 e. The molecule has 52 heavy (non-hydrogen) atoms. The molecule has 3 N–H and O–H groups in total. The highest BCUT2D eigenvalue weighted by atomic mass is 19.4. The van der Waals surface area contributed by atoms with Crippen LogP contribution in [0.1, 0.15) is 37.0 Å². The minimum absolute atomic E-state index is 0.0210. The van der Waals surface area contributed by atoms with Crippen LogP contribution in [-0.2, 0) is 48.2 Å². The first-order valence-corrected chi connectivity index (χ1v) is 17.2. The van der Waals surface area contributed by atoms with Gasteiger partial charge in [-0.15, -0.1) is 0 Å². The third kappa shape index (κ3) is 12.0. The van der Waals surface area contributed by atoms with Crippen LogP contribution in [0.5, 0.6) is 0 Å². The third-order valence-electron chi connectivity index (χ3n) is 8.35. The molecule has 0 spiro atoms. The zero-order chi connectivity index (χ0) is 36.8. The van der Waals surface area contributed by atoms with Gasteiger partial charge in [0, 0.05) is 6.54 Å². The van der Waals surface area contributed by atoms with E-state index in [1.807, 2.05) is 105 Å². The van der Waals surface area contributed by atoms with Gasteiger partial charge in [-0.3, -0.25) is 11.3 Å². The van der Waals surface area contributed by atoms with Crippen molar-refractivity contribution in [2.24, 2.45) is 16.3 Å². The highest BCUT2D eigenvalue weighted by molar-refractivity contribution is 5.84. The van der Waals surface area contributed by atoms with E-state index in [4.69, 9.17) is 34.3 Å². The van der Waals surface area contributed by atoms with Gasteiger partial charge in [-0.05, 0) is 40.7 Å². The lowest BCUT2D eigenvalue weighted by Crippen LogP contribution is -2.62. The third-order valence-corrected chi connectivity index (χ3v) is 8.35. The Morgan fingerprint density at radius 2 is 1.10 bits per heavy atom. The molecule has 1 aliphatic rings. The Kier molecular flexibility index (Phi) is 14.3. The van der Waals surface area contributed by atoms with Crippen LogP contribution >= 0.6 is 0 Å². The summed E-state index contributed by atoms with van der Waals surface area (Å²) in [6.45, 7) is 4.91. The molecule has 0 saturated carbocycles. The van der Waals surface area contributed by atoms with E-state index >= 15 is 0 Å². The van der Waals surface area contributed by atoms with Crippen LogP contribution in [-0.4, -0.2) is 56.1 Å². The van der Waals surface area contributed by atoms with Gasteiger partial charge >= 0.3 is 6.18 Å². The molecule has 4 aromatic carbocycles. The Morgan fingerprint density at radius 1 is 0.654 bits per heavy atom. The molecule has 9 nitrogen and oxygen atoms in total. The van der Waals surface area contributed by atoms with Crippen molar-refractivity contribution < 1.29 is 41.6 Å². The molecule has 1 saturated heterocycles. The number of hydrogen-bond donors (Lipinski definition) is 2. The van der Waals surface area contributed by atoms with E-state index in [-0.39, 0.29) is 32.1 Å². The summed E-state index contributed by atoms with van der Waals surface area (Å²) in [6.07, 6.45) is -10.5. The molecular weight excluding hydrogens is 675 g/mol. The van der Waals surface area contributed by atoms with Crippen molar-refractivity contribution in [2.45, 2.75) is 77.2 Å². The van der Waals surface area contributed by atoms with Gasteiger partial charge in [-0.2, -0.15) is 13.2 Å². The maximum absolute atomic E-state index is 14.7. The Labute approximate surface area is 302 Å². The standard InChI is InChI=1S/C40H46F3N3O6/c1-39(2,23-24-45-44)28-50-36-34(48-26-30-17-9-4-10-18-30)33(47-25-29-15-7-3-8-16-29)35(49-27-31-19-11-5-12-20-31)37(51-36)52-38(40(41,42)43)46-32-21-13-6-14-22-32/h3-22,33-37,45H,23-28,44H2,1-2H3/b46-38+. The molecular formula is C40H46F3N3O6. The van der Waals surface area contributed by atoms with Gasteiger partial charge in [0.15, 0.2) is 6.29 Å². The summed E-state index contributed by atoms with van der Waals surface area (Å²) in [5.41, 5.74) is 4.80. The summed E-state index contributed by atoms with van der Waals surface area (Å²) in [5.74, 6) is 4.04. The van der Waals surface area contributed by atoms with Crippen molar-refractivity contribution in [1.82, 2.24) is 5.43 Å². The highest BCUT2D eigenvalue weighted by Gasteiger charge is 2.53. The number of nitrogens with zero attached hydrogens (tertiary/aromatic N) is 1. The second kappa shape index (κ2) is 19.1. The molecule has 1 fully saturated rings. The lowest BCUT2D eigenvalue weighted by atomic mass is 9.90. The quantitative estimate of drug-likeness (QED) is 0.0497. The first-order chi connectivity index (χ1) is 25.1. The number of nitrogens with two attached hydrogens (primary N) is 1. The van der Waals surface area contributed by atoms with Gasteiger partial charge in [0.2, 0.25) is 6.29 Å². The second-order valence-corrected chi connectivity index (χ2v) is 13.2. The van der Waals surface area contributed by atoms with E-state index in [0.29, 0.717) is 13.0 Å². The minimum atomic E-state index is -4.97. The van der Waals surface area contributed by atoms with Gasteiger partial charge in [-0.1, -0.05) is 123 Å². The average molecular weight is 722 g/mol. The van der Waals surface area contributed by atoms with Crippen molar-refractivity contribution in [2.75, 3.05) is 13.2 Å². The first kappa shape index (κ1) is 39.1. The fourth-order valence-corrected chi connectivity index (χ4v) is 5.53. The average Bonchev–Trinajstić information content (AvgIpc) is 3.15. The van der Waals surface area contributed by atoms with Gasteiger partial charge in [0.25, 0.3) is 5.90 Å². The number of para-hydroxylation sites is 1.